The highest BCUT2D eigenvalue weighted by Gasteiger charge is 2.25. The van der Waals surface area contributed by atoms with Crippen molar-refractivity contribution in [1.82, 2.24) is 14.7 Å². The average molecular weight is 365 g/mol. The van der Waals surface area contributed by atoms with Crippen LogP contribution < -0.4 is 5.73 Å². The quantitative estimate of drug-likeness (QED) is 0.893. The molecule has 0 spiro atoms. The third-order valence-corrected chi connectivity index (χ3v) is 5.20. The van der Waals surface area contributed by atoms with E-state index in [0.717, 1.165) is 39.3 Å². The van der Waals surface area contributed by atoms with Crippen molar-refractivity contribution in [3.63, 3.8) is 0 Å². The normalized spacial score (nSPS) is 23.6. The van der Waals surface area contributed by atoms with Crippen LogP contribution in [-0.4, -0.2) is 54.1 Å². The van der Waals surface area contributed by atoms with Gasteiger partial charge >= 0.3 is 0 Å². The Morgan fingerprint density at radius 3 is 2.91 bits per heavy atom. The monoisotopic (exact) mass is 364 g/mol. The molecule has 0 aliphatic carbocycles. The molecule has 2 aliphatic heterocycles. The fraction of sp³-hybridized carbons (Fsp3) is 0.529. The van der Waals surface area contributed by atoms with Crippen LogP contribution >= 0.6 is 15.9 Å². The van der Waals surface area contributed by atoms with Gasteiger partial charge in [0.2, 0.25) is 0 Å². The summed E-state index contributed by atoms with van der Waals surface area (Å²) in [6.07, 6.45) is 4.68. The zero-order chi connectivity index (χ0) is 15.5. The van der Waals surface area contributed by atoms with Gasteiger partial charge in [0.25, 0.3) is 0 Å². The summed E-state index contributed by atoms with van der Waals surface area (Å²) in [6.45, 7) is 4.98. The highest BCUT2D eigenvalue weighted by atomic mass is 79.9. The van der Waals surface area contributed by atoms with E-state index in [1.54, 1.807) is 0 Å². The summed E-state index contributed by atoms with van der Waals surface area (Å²) in [6, 6.07) is 8.78. The molecule has 3 rings (SSSR count). The van der Waals surface area contributed by atoms with E-state index < -0.39 is 0 Å². The first-order valence-electron chi connectivity index (χ1n) is 8.01. The molecule has 22 heavy (non-hydrogen) atoms. The number of piperidine rings is 1. The lowest BCUT2D eigenvalue weighted by Crippen LogP contribution is -2.50. The van der Waals surface area contributed by atoms with E-state index in [9.17, 15) is 0 Å². The van der Waals surface area contributed by atoms with Crippen molar-refractivity contribution in [3.8, 4) is 0 Å². The van der Waals surface area contributed by atoms with Crippen LogP contribution in [0.1, 0.15) is 18.4 Å². The summed E-state index contributed by atoms with van der Waals surface area (Å²) in [4.78, 5) is 7.27. The molecule has 0 aromatic heterocycles. The van der Waals surface area contributed by atoms with Gasteiger partial charge in [-0.3, -0.25) is 4.90 Å². The van der Waals surface area contributed by atoms with Crippen molar-refractivity contribution in [2.45, 2.75) is 25.4 Å². The number of halogens is 1. The molecule has 4 nitrogen and oxygen atoms in total. The molecule has 1 atom stereocenters. The molecule has 0 amide bonds. The van der Waals surface area contributed by atoms with Crippen LogP contribution in [0.5, 0.6) is 0 Å². The Kier molecular flexibility index (Phi) is 5.06. The number of hydrogen-bond acceptors (Lipinski definition) is 4. The minimum Gasteiger partial charge on any atom is -0.357 e. The van der Waals surface area contributed by atoms with Gasteiger partial charge < -0.3 is 15.5 Å². The minimum absolute atomic E-state index is 0.305. The number of benzene rings is 1. The molecule has 2 aliphatic rings. The second-order valence-corrected chi connectivity index (χ2v) is 7.23. The minimum atomic E-state index is 0.305. The molecule has 0 saturated carbocycles. The molecule has 1 fully saturated rings. The summed E-state index contributed by atoms with van der Waals surface area (Å²) >= 11 is 3.67. The van der Waals surface area contributed by atoms with Crippen LogP contribution in [0.3, 0.4) is 0 Å². The molecule has 0 radical (unpaired) electrons. The predicted octanol–water partition coefficient (Wildman–Crippen LogP) is 2.42. The molecular weight excluding hydrogens is 340 g/mol. The molecule has 1 aromatic rings. The summed E-state index contributed by atoms with van der Waals surface area (Å²) in [5, 5.41) is 0. The topological polar surface area (TPSA) is 35.7 Å². The van der Waals surface area contributed by atoms with Crippen molar-refractivity contribution in [3.05, 3.63) is 46.2 Å². The fourth-order valence-electron chi connectivity index (χ4n) is 3.30. The van der Waals surface area contributed by atoms with E-state index in [0.29, 0.717) is 6.04 Å². The number of nitrogens with two attached hydrogens (primary N) is 1. The van der Waals surface area contributed by atoms with E-state index in [2.05, 4.69) is 68.0 Å². The summed E-state index contributed by atoms with van der Waals surface area (Å²) < 4.78 is 1.18. The van der Waals surface area contributed by atoms with E-state index in [4.69, 9.17) is 5.73 Å². The number of rotatable bonds is 3. The van der Waals surface area contributed by atoms with Crippen LogP contribution in [0, 0.1) is 0 Å². The third kappa shape index (κ3) is 3.65. The summed E-state index contributed by atoms with van der Waals surface area (Å²) in [5.41, 5.74) is 7.50. The molecular formula is C17H25BrN4. The summed E-state index contributed by atoms with van der Waals surface area (Å²) in [7, 11) is 2.17. The van der Waals surface area contributed by atoms with Crippen LogP contribution in [0.2, 0.25) is 0 Å². The van der Waals surface area contributed by atoms with Crippen molar-refractivity contribution in [1.29, 1.82) is 0 Å². The lowest BCUT2D eigenvalue weighted by atomic mass is 10.1. The first-order chi connectivity index (χ1) is 10.6. The van der Waals surface area contributed by atoms with Gasteiger partial charge in [0.05, 0.1) is 6.67 Å². The smallest absolute Gasteiger partial charge is 0.102 e. The Morgan fingerprint density at radius 1 is 1.32 bits per heavy atom. The lowest BCUT2D eigenvalue weighted by Gasteiger charge is -2.43. The Hall–Kier alpha value is -1.04. The van der Waals surface area contributed by atoms with Gasteiger partial charge in [-0.05, 0) is 37.6 Å². The van der Waals surface area contributed by atoms with Crippen LogP contribution in [0.25, 0.3) is 0 Å². The van der Waals surface area contributed by atoms with Gasteiger partial charge in [-0.1, -0.05) is 34.1 Å². The maximum Gasteiger partial charge on any atom is 0.102 e. The summed E-state index contributed by atoms with van der Waals surface area (Å²) in [5.74, 6) is 1.35. The number of hydrogen-bond donors (Lipinski definition) is 1. The molecule has 2 heterocycles. The maximum atomic E-state index is 6.18. The van der Waals surface area contributed by atoms with Crippen molar-refractivity contribution in [2.75, 3.05) is 33.4 Å². The van der Waals surface area contributed by atoms with Crippen molar-refractivity contribution >= 4 is 15.9 Å². The Morgan fingerprint density at radius 2 is 2.14 bits per heavy atom. The van der Waals surface area contributed by atoms with Gasteiger partial charge in [0, 0.05) is 36.7 Å². The van der Waals surface area contributed by atoms with Gasteiger partial charge in [-0.15, -0.1) is 0 Å². The van der Waals surface area contributed by atoms with E-state index in [1.807, 2.05) is 0 Å². The molecule has 1 saturated heterocycles. The maximum absolute atomic E-state index is 6.18. The van der Waals surface area contributed by atoms with Crippen molar-refractivity contribution < 1.29 is 0 Å². The molecule has 1 unspecified atom stereocenters. The molecule has 120 valence electrons. The second kappa shape index (κ2) is 7.02. The van der Waals surface area contributed by atoms with Gasteiger partial charge in [0.1, 0.15) is 5.82 Å². The number of nitrogens with zero attached hydrogens (tertiary/aromatic N) is 3. The van der Waals surface area contributed by atoms with E-state index in [1.165, 1.54) is 22.3 Å². The Balaban J connectivity index is 1.79. The van der Waals surface area contributed by atoms with Gasteiger partial charge in [-0.2, -0.15) is 0 Å². The Bertz CT molecular complexity index is 545. The van der Waals surface area contributed by atoms with Crippen LogP contribution in [-0.2, 0) is 6.54 Å². The predicted molar refractivity (Wildman–Crippen MR) is 94.0 cm³/mol. The lowest BCUT2D eigenvalue weighted by molar-refractivity contribution is 0.104. The van der Waals surface area contributed by atoms with Crippen LogP contribution in [0.4, 0.5) is 0 Å². The third-order valence-electron chi connectivity index (χ3n) is 4.42. The standard InChI is InChI=1S/C17H25BrN4/c1-20-10-8-17(21-9-4-6-15(19)12-21)22(13-20)11-14-5-2-3-7-16(14)18/h2-3,5,7-8,15H,4,6,9-13,19H2,1H3. The molecule has 5 heteroatoms. The molecule has 1 aromatic carbocycles. The second-order valence-electron chi connectivity index (χ2n) is 6.38. The van der Waals surface area contributed by atoms with Gasteiger partial charge in [0.15, 0.2) is 0 Å². The van der Waals surface area contributed by atoms with E-state index >= 15 is 0 Å². The SMILES string of the molecule is CN1CC=C(N2CCCC(N)C2)N(Cc2ccccc2Br)C1. The van der Waals surface area contributed by atoms with Crippen LogP contribution in [0.15, 0.2) is 40.6 Å². The molecule has 0 bridgehead atoms. The van der Waals surface area contributed by atoms with Crippen molar-refractivity contribution in [2.24, 2.45) is 5.73 Å². The average Bonchev–Trinajstić information content (AvgIpc) is 2.50. The molecule has 2 N–H and O–H groups in total. The van der Waals surface area contributed by atoms with Gasteiger partial charge in [-0.25, -0.2) is 0 Å². The number of likely N-dealkylation sites (tertiary alicyclic amines) is 1. The fourth-order valence-corrected chi connectivity index (χ4v) is 3.71. The first-order valence-corrected chi connectivity index (χ1v) is 8.80. The number of likely N-dealkylation sites (N-methyl/N-ethyl adjacent to an activating group) is 1. The highest BCUT2D eigenvalue weighted by molar-refractivity contribution is 9.10. The Labute approximate surface area is 141 Å². The first kappa shape index (κ1) is 15.8. The highest BCUT2D eigenvalue weighted by Crippen LogP contribution is 2.25. The van der Waals surface area contributed by atoms with E-state index in [-0.39, 0.29) is 0 Å². The zero-order valence-electron chi connectivity index (χ0n) is 13.2. The largest absolute Gasteiger partial charge is 0.357 e. The zero-order valence-corrected chi connectivity index (χ0v) is 14.8.